The summed E-state index contributed by atoms with van der Waals surface area (Å²) >= 11 is 12.8. The lowest BCUT2D eigenvalue weighted by Gasteiger charge is -2.29. The molecule has 0 fully saturated rings. The third-order valence-corrected chi connectivity index (χ3v) is 7.87. The van der Waals surface area contributed by atoms with E-state index in [-0.39, 0.29) is 12.6 Å². The molecule has 0 bridgehead atoms. The van der Waals surface area contributed by atoms with Gasteiger partial charge in [0.05, 0.1) is 27.9 Å². The molecular weight excluding hydrogens is 469 g/mol. The first kappa shape index (κ1) is 24.9. The van der Waals surface area contributed by atoms with Crippen molar-refractivity contribution in [3.8, 4) is 0 Å². The predicted octanol–water partition coefficient (Wildman–Crippen LogP) is 6.06. The highest BCUT2D eigenvalue weighted by molar-refractivity contribution is 6.76. The summed E-state index contributed by atoms with van der Waals surface area (Å²) in [6, 6.07) is 4.38. The fourth-order valence-corrected chi connectivity index (χ4v) is 4.71. The van der Waals surface area contributed by atoms with Gasteiger partial charge in [0, 0.05) is 33.2 Å². The van der Waals surface area contributed by atoms with Gasteiger partial charge in [-0.15, -0.1) is 0 Å². The normalized spacial score (nSPS) is 14.1. The van der Waals surface area contributed by atoms with Crippen molar-refractivity contribution in [3.63, 3.8) is 0 Å². The first-order chi connectivity index (χ1) is 15.1. The van der Waals surface area contributed by atoms with E-state index in [9.17, 15) is 9.59 Å². The zero-order valence-corrected chi connectivity index (χ0v) is 21.6. The van der Waals surface area contributed by atoms with Gasteiger partial charge in [-0.1, -0.05) is 56.2 Å². The molecule has 1 aliphatic rings. The smallest absolute Gasteiger partial charge is 0.411 e. The molecule has 0 spiro atoms. The molecule has 10 heteroatoms. The number of unbranched alkanes of at least 4 members (excludes halogenated alkanes) is 1. The number of carbonyl (C=O) groups is 2. The Labute approximate surface area is 199 Å². The molecule has 0 saturated heterocycles. The Hall–Kier alpha value is -1.74. The van der Waals surface area contributed by atoms with Gasteiger partial charge in [0.25, 0.3) is 5.91 Å². The average Bonchev–Trinajstić information content (AvgIpc) is 3.11. The number of nitrogens with zero attached hydrogens (tertiary/aromatic N) is 2. The van der Waals surface area contributed by atoms with E-state index in [1.807, 2.05) is 11.5 Å². The van der Waals surface area contributed by atoms with Gasteiger partial charge >= 0.3 is 6.09 Å². The average molecular weight is 500 g/mol. The minimum absolute atomic E-state index is 0.135. The second kappa shape index (κ2) is 10.5. The second-order valence-electron chi connectivity index (χ2n) is 9.19. The Morgan fingerprint density at radius 1 is 1.19 bits per heavy atom. The molecule has 1 aliphatic heterocycles. The van der Waals surface area contributed by atoms with Crippen LogP contribution in [0.25, 0.3) is 10.9 Å². The van der Waals surface area contributed by atoms with Crippen LogP contribution in [0, 0.1) is 0 Å². The minimum atomic E-state index is -1.19. The van der Waals surface area contributed by atoms with Gasteiger partial charge in [-0.25, -0.2) is 4.79 Å². The molecule has 176 valence electrons. The van der Waals surface area contributed by atoms with E-state index in [4.69, 9.17) is 32.7 Å². The van der Waals surface area contributed by atoms with Crippen LogP contribution in [-0.2, 0) is 16.0 Å². The lowest BCUT2D eigenvalue weighted by atomic mass is 10.2. The van der Waals surface area contributed by atoms with Crippen molar-refractivity contribution in [1.29, 1.82) is 0 Å². The second-order valence-corrected chi connectivity index (χ2v) is 15.6. The summed E-state index contributed by atoms with van der Waals surface area (Å²) in [6.07, 6.45) is 1.15. The van der Waals surface area contributed by atoms with Crippen LogP contribution >= 0.6 is 23.2 Å². The maximum Gasteiger partial charge on any atom is 0.411 e. The van der Waals surface area contributed by atoms with Crippen molar-refractivity contribution in [1.82, 2.24) is 9.47 Å². The number of benzene rings is 1. The molecule has 7 nitrogen and oxygen atoms in total. The molecule has 1 N–H and O–H groups in total. The lowest BCUT2D eigenvalue weighted by Crippen LogP contribution is -2.41. The van der Waals surface area contributed by atoms with E-state index in [0.29, 0.717) is 58.6 Å². The zero-order chi connectivity index (χ0) is 23.5. The summed E-state index contributed by atoms with van der Waals surface area (Å²) < 4.78 is 12.8. The number of ether oxygens (including phenoxy) is 2. The maximum atomic E-state index is 13.1. The third kappa shape index (κ3) is 5.78. The van der Waals surface area contributed by atoms with Crippen molar-refractivity contribution in [2.45, 2.75) is 52.0 Å². The summed E-state index contributed by atoms with van der Waals surface area (Å²) in [5.74, 6) is -0.135. The number of fused-ring (bicyclic) bond motifs is 3. The Morgan fingerprint density at radius 3 is 2.62 bits per heavy atom. The fourth-order valence-electron chi connectivity index (χ4n) is 3.50. The van der Waals surface area contributed by atoms with Crippen LogP contribution in [0.4, 0.5) is 10.5 Å². The maximum absolute atomic E-state index is 13.1. The highest BCUT2D eigenvalue weighted by atomic mass is 35.5. The van der Waals surface area contributed by atoms with Crippen LogP contribution in [0.5, 0.6) is 0 Å². The molecule has 3 rings (SSSR count). The van der Waals surface area contributed by atoms with Gasteiger partial charge in [-0.3, -0.25) is 10.1 Å². The topological polar surface area (TPSA) is 72.8 Å². The van der Waals surface area contributed by atoms with E-state index in [1.165, 1.54) is 0 Å². The Morgan fingerprint density at radius 2 is 1.94 bits per heavy atom. The summed E-state index contributed by atoms with van der Waals surface area (Å²) in [5, 5.41) is 4.04. The van der Waals surface area contributed by atoms with Gasteiger partial charge in [-0.2, -0.15) is 0 Å². The largest absolute Gasteiger partial charge is 0.449 e. The first-order valence-corrected chi connectivity index (χ1v) is 15.4. The number of hydrogen-bond donors (Lipinski definition) is 1. The van der Waals surface area contributed by atoms with Gasteiger partial charge in [0.15, 0.2) is 0 Å². The van der Waals surface area contributed by atoms with E-state index < -0.39 is 14.2 Å². The van der Waals surface area contributed by atoms with Crippen molar-refractivity contribution >= 4 is 59.9 Å². The number of carbonyl (C=O) groups excluding carboxylic acids is 2. The summed E-state index contributed by atoms with van der Waals surface area (Å²) in [5.41, 5.74) is 1.58. The number of hydrogen-bond acceptors (Lipinski definition) is 4. The van der Waals surface area contributed by atoms with Crippen molar-refractivity contribution in [2.75, 3.05) is 31.8 Å². The molecule has 1 aromatic carbocycles. The Balaban J connectivity index is 1.81. The molecule has 1 aromatic heterocycles. The van der Waals surface area contributed by atoms with Crippen molar-refractivity contribution in [2.24, 2.45) is 0 Å². The quantitative estimate of drug-likeness (QED) is 0.335. The number of rotatable bonds is 9. The number of nitrogens with one attached hydrogen (secondary N) is 1. The molecule has 32 heavy (non-hydrogen) atoms. The number of aromatic nitrogens is 1. The zero-order valence-electron chi connectivity index (χ0n) is 19.1. The van der Waals surface area contributed by atoms with Crippen LogP contribution in [0.3, 0.4) is 0 Å². The monoisotopic (exact) mass is 499 g/mol. The van der Waals surface area contributed by atoms with E-state index >= 15 is 0 Å². The molecule has 0 radical (unpaired) electrons. The minimum Gasteiger partial charge on any atom is -0.449 e. The first-order valence-electron chi connectivity index (χ1n) is 10.9. The number of halogens is 2. The molecule has 0 atom stereocenters. The number of amides is 2. The van der Waals surface area contributed by atoms with E-state index in [2.05, 4.69) is 25.0 Å². The predicted molar refractivity (Wildman–Crippen MR) is 132 cm³/mol. The Kier molecular flexibility index (Phi) is 8.14. The van der Waals surface area contributed by atoms with E-state index in [1.54, 1.807) is 17.0 Å². The molecule has 0 unspecified atom stereocenters. The Bertz CT molecular complexity index is 1000. The molecule has 2 aromatic rings. The van der Waals surface area contributed by atoms with Gasteiger partial charge < -0.3 is 18.9 Å². The van der Waals surface area contributed by atoms with Crippen LogP contribution in [0.2, 0.25) is 35.7 Å². The highest BCUT2D eigenvalue weighted by Gasteiger charge is 2.29. The van der Waals surface area contributed by atoms with Crippen molar-refractivity contribution in [3.05, 3.63) is 27.9 Å². The summed E-state index contributed by atoms with van der Waals surface area (Å²) in [4.78, 5) is 27.0. The molecule has 0 aliphatic carbocycles. The standard InChI is InChI=1S/C22H31Cl2N3O4Si/c1-5-6-9-31-22(29)25-17-13-16(23)19(24)20-15(17)12-18-21(28)26(7-8-27(18)20)14-30-10-11-32(2,3)4/h12-13H,5-11,14H2,1-4H3,(H,25,29). The van der Waals surface area contributed by atoms with Crippen molar-refractivity contribution < 1.29 is 19.1 Å². The van der Waals surface area contributed by atoms with Crippen LogP contribution < -0.4 is 5.32 Å². The number of anilines is 1. The summed E-state index contributed by atoms with van der Waals surface area (Å²) in [7, 11) is -1.19. The third-order valence-electron chi connectivity index (χ3n) is 5.39. The van der Waals surface area contributed by atoms with Gasteiger partial charge in [0.1, 0.15) is 12.4 Å². The van der Waals surface area contributed by atoms with Gasteiger partial charge in [0.2, 0.25) is 0 Å². The molecule has 2 amide bonds. The van der Waals surface area contributed by atoms with Crippen LogP contribution in [0.15, 0.2) is 12.1 Å². The summed E-state index contributed by atoms with van der Waals surface area (Å²) in [6.45, 7) is 11.2. The lowest BCUT2D eigenvalue weighted by molar-refractivity contribution is 0.0222. The van der Waals surface area contributed by atoms with Crippen LogP contribution in [0.1, 0.15) is 30.3 Å². The fraction of sp³-hybridized carbons (Fsp3) is 0.545. The van der Waals surface area contributed by atoms with Gasteiger partial charge in [-0.05, 0) is 24.6 Å². The molecular formula is C22H31Cl2N3O4Si. The SMILES string of the molecule is CCCCOC(=O)Nc1cc(Cl)c(Cl)c2c1cc1n2CCN(COCC[Si](C)(C)C)C1=O. The molecule has 2 heterocycles. The van der Waals surface area contributed by atoms with Crippen LogP contribution in [-0.4, -0.2) is 56.0 Å². The van der Waals surface area contributed by atoms with E-state index in [0.717, 1.165) is 18.9 Å². The molecule has 0 saturated carbocycles. The highest BCUT2D eigenvalue weighted by Crippen LogP contribution is 2.39.